The molecule has 160 valence electrons. The van der Waals surface area contributed by atoms with Crippen LogP contribution >= 0.6 is 0 Å². The Hall–Kier alpha value is -1.80. The van der Waals surface area contributed by atoms with Gasteiger partial charge in [-0.1, -0.05) is 37.3 Å². The zero-order valence-corrected chi connectivity index (χ0v) is 18.7. The second-order valence-electron chi connectivity index (χ2n) is 10.7. The molecule has 0 amide bonds. The van der Waals surface area contributed by atoms with Gasteiger partial charge in [-0.2, -0.15) is 0 Å². The van der Waals surface area contributed by atoms with Gasteiger partial charge >= 0.3 is 0 Å². The summed E-state index contributed by atoms with van der Waals surface area (Å²) in [6.07, 6.45) is 18.9. The Morgan fingerprint density at radius 3 is 2.80 bits per heavy atom. The van der Waals surface area contributed by atoms with Gasteiger partial charge in [-0.25, -0.2) is 0 Å². The topological polar surface area (TPSA) is 46.2 Å². The summed E-state index contributed by atoms with van der Waals surface area (Å²) < 4.78 is 0. The molecule has 2 nitrogen and oxygen atoms in total. The van der Waals surface area contributed by atoms with Crippen LogP contribution in [0.1, 0.15) is 87.3 Å². The van der Waals surface area contributed by atoms with Gasteiger partial charge in [0, 0.05) is 0 Å². The van der Waals surface area contributed by atoms with Crippen LogP contribution in [0, 0.1) is 24.2 Å². The van der Waals surface area contributed by atoms with Crippen molar-refractivity contribution in [1.82, 2.24) is 0 Å². The highest BCUT2D eigenvalue weighted by Crippen LogP contribution is 2.62. The van der Waals surface area contributed by atoms with Crippen LogP contribution in [0.5, 0.6) is 0 Å². The number of fused-ring (bicyclic) bond motifs is 4. The van der Waals surface area contributed by atoms with Crippen molar-refractivity contribution in [2.24, 2.45) is 23.0 Å². The maximum atomic E-state index is 11.3. The second-order valence-corrected chi connectivity index (χ2v) is 10.7. The molecule has 4 unspecified atom stereocenters. The van der Waals surface area contributed by atoms with Gasteiger partial charge in [-0.3, -0.25) is 0 Å². The molecule has 0 heterocycles. The molecule has 4 aliphatic carbocycles. The second kappa shape index (κ2) is 7.41. The van der Waals surface area contributed by atoms with Crippen molar-refractivity contribution in [2.75, 3.05) is 0 Å². The molecular formula is C28H37NO. The third-order valence-corrected chi connectivity index (χ3v) is 9.17. The summed E-state index contributed by atoms with van der Waals surface area (Å²) in [6.45, 7) is 4.75. The van der Waals surface area contributed by atoms with Crippen molar-refractivity contribution >= 4 is 6.08 Å². The first-order valence-corrected chi connectivity index (χ1v) is 12.1. The van der Waals surface area contributed by atoms with Gasteiger partial charge in [0.2, 0.25) is 0 Å². The summed E-state index contributed by atoms with van der Waals surface area (Å²) in [6, 6.07) is 6.98. The third-order valence-electron chi connectivity index (χ3n) is 9.17. The Bertz CT molecular complexity index is 925. The van der Waals surface area contributed by atoms with E-state index < -0.39 is 5.60 Å². The standard InChI is InChI=1S/C28H37NO/c1-19-17-22(7-6-20(19)12-16-29)25-8-9-26-24-11-15-28(30)13-4-3-5-23(28)18-21(24)10-14-27(25,26)2/h6-7,10,12,16-18,24-26,30H,3-5,8-9,11,13-15,29H2,1-2H3/b16-12-/t24?,25?,26?,27?,28-/m0/s1. The van der Waals surface area contributed by atoms with Gasteiger partial charge in [-0.15, -0.1) is 0 Å². The minimum atomic E-state index is -0.520. The highest BCUT2D eigenvalue weighted by atomic mass is 16.3. The monoisotopic (exact) mass is 403 g/mol. The van der Waals surface area contributed by atoms with E-state index in [2.05, 4.69) is 44.2 Å². The van der Waals surface area contributed by atoms with Gasteiger partial charge < -0.3 is 10.8 Å². The minimum Gasteiger partial charge on any atom is -0.405 e. The summed E-state index contributed by atoms with van der Waals surface area (Å²) in [4.78, 5) is 0. The zero-order valence-electron chi connectivity index (χ0n) is 18.7. The molecule has 2 fully saturated rings. The van der Waals surface area contributed by atoms with E-state index in [0.717, 1.165) is 31.6 Å². The van der Waals surface area contributed by atoms with Crippen LogP contribution in [0.4, 0.5) is 0 Å². The maximum Gasteiger partial charge on any atom is 0.0860 e. The lowest BCUT2D eigenvalue weighted by atomic mass is 9.60. The van der Waals surface area contributed by atoms with Crippen LogP contribution in [-0.4, -0.2) is 10.7 Å². The van der Waals surface area contributed by atoms with Crippen molar-refractivity contribution in [3.63, 3.8) is 0 Å². The van der Waals surface area contributed by atoms with Crippen LogP contribution < -0.4 is 5.73 Å². The lowest BCUT2D eigenvalue weighted by Gasteiger charge is -2.44. The van der Waals surface area contributed by atoms with Crippen molar-refractivity contribution in [3.8, 4) is 0 Å². The Balaban J connectivity index is 1.46. The summed E-state index contributed by atoms with van der Waals surface area (Å²) in [7, 11) is 0. The van der Waals surface area contributed by atoms with E-state index in [1.165, 1.54) is 54.4 Å². The van der Waals surface area contributed by atoms with Gasteiger partial charge in [0.15, 0.2) is 0 Å². The predicted molar refractivity (Wildman–Crippen MR) is 125 cm³/mol. The molecule has 2 heteroatoms. The molecular weight excluding hydrogens is 366 g/mol. The quantitative estimate of drug-likeness (QED) is 0.600. The molecule has 4 aliphatic rings. The largest absolute Gasteiger partial charge is 0.405 e. The molecule has 3 N–H and O–H groups in total. The zero-order chi connectivity index (χ0) is 20.9. The normalized spacial score (nSPS) is 38.3. The Morgan fingerprint density at radius 2 is 2.00 bits per heavy atom. The number of benzene rings is 1. The smallest absolute Gasteiger partial charge is 0.0860 e. The molecule has 0 aromatic heterocycles. The highest BCUT2D eigenvalue weighted by molar-refractivity contribution is 5.54. The number of allylic oxidation sites excluding steroid dienone is 3. The van der Waals surface area contributed by atoms with Crippen molar-refractivity contribution in [2.45, 2.75) is 83.2 Å². The predicted octanol–water partition coefficient (Wildman–Crippen LogP) is 6.40. The highest BCUT2D eigenvalue weighted by Gasteiger charge is 2.52. The first-order valence-electron chi connectivity index (χ1n) is 12.1. The Labute approximate surface area is 182 Å². The van der Waals surface area contributed by atoms with Crippen molar-refractivity contribution in [3.05, 3.63) is 64.4 Å². The van der Waals surface area contributed by atoms with Crippen LogP contribution in [0.15, 0.2) is 47.7 Å². The van der Waals surface area contributed by atoms with E-state index >= 15 is 0 Å². The summed E-state index contributed by atoms with van der Waals surface area (Å²) in [5, 5.41) is 11.3. The molecule has 5 rings (SSSR count). The van der Waals surface area contributed by atoms with E-state index in [0.29, 0.717) is 17.3 Å². The molecule has 5 atom stereocenters. The van der Waals surface area contributed by atoms with Crippen molar-refractivity contribution in [1.29, 1.82) is 0 Å². The number of rotatable bonds is 2. The molecule has 2 saturated carbocycles. The Kier molecular flexibility index (Phi) is 4.97. The average Bonchev–Trinajstić information content (AvgIpc) is 2.99. The first-order chi connectivity index (χ1) is 14.4. The SMILES string of the molecule is Cc1cc(C2CCC3C4CC[C@@]5(O)CCCCC5=CC4=CCC23C)ccc1/C=C\N. The number of nitrogens with two attached hydrogens (primary N) is 1. The maximum absolute atomic E-state index is 11.3. The summed E-state index contributed by atoms with van der Waals surface area (Å²) in [5.41, 5.74) is 12.3. The summed E-state index contributed by atoms with van der Waals surface area (Å²) >= 11 is 0. The molecule has 0 saturated heterocycles. The minimum absolute atomic E-state index is 0.322. The number of hydrogen-bond donors (Lipinski definition) is 2. The van der Waals surface area contributed by atoms with Crippen LogP contribution in [0.3, 0.4) is 0 Å². The lowest BCUT2D eigenvalue weighted by Crippen LogP contribution is -2.36. The van der Waals surface area contributed by atoms with Gasteiger partial charge in [-0.05, 0) is 128 Å². The van der Waals surface area contributed by atoms with E-state index in [9.17, 15) is 5.11 Å². The van der Waals surface area contributed by atoms with E-state index in [1.54, 1.807) is 11.8 Å². The molecule has 0 aliphatic heterocycles. The average molecular weight is 404 g/mol. The van der Waals surface area contributed by atoms with E-state index in [1.807, 2.05) is 6.08 Å². The van der Waals surface area contributed by atoms with E-state index in [-0.39, 0.29) is 0 Å². The lowest BCUT2D eigenvalue weighted by molar-refractivity contribution is 0.0344. The van der Waals surface area contributed by atoms with Gasteiger partial charge in [0.1, 0.15) is 0 Å². The van der Waals surface area contributed by atoms with Crippen LogP contribution in [0.25, 0.3) is 6.08 Å². The molecule has 0 spiro atoms. The molecule has 1 aromatic carbocycles. The van der Waals surface area contributed by atoms with Crippen LogP contribution in [0.2, 0.25) is 0 Å². The van der Waals surface area contributed by atoms with Gasteiger partial charge in [0.25, 0.3) is 0 Å². The Morgan fingerprint density at radius 1 is 1.13 bits per heavy atom. The molecule has 0 bridgehead atoms. The fraction of sp³-hybridized carbons (Fsp3) is 0.571. The molecule has 30 heavy (non-hydrogen) atoms. The third kappa shape index (κ3) is 3.11. The fourth-order valence-electron chi connectivity index (χ4n) is 7.44. The number of aryl methyl sites for hydroxylation is 1. The molecule has 0 radical (unpaired) electrons. The van der Waals surface area contributed by atoms with Gasteiger partial charge in [0.05, 0.1) is 5.60 Å². The first kappa shape index (κ1) is 20.1. The summed E-state index contributed by atoms with van der Waals surface area (Å²) in [5.74, 6) is 1.97. The van der Waals surface area contributed by atoms with E-state index in [4.69, 9.17) is 5.73 Å². The van der Waals surface area contributed by atoms with Crippen molar-refractivity contribution < 1.29 is 5.11 Å². The number of aliphatic hydroxyl groups is 1. The van der Waals surface area contributed by atoms with Crippen LogP contribution in [-0.2, 0) is 0 Å². The fourth-order valence-corrected chi connectivity index (χ4v) is 7.44. The molecule has 1 aromatic rings. The number of hydrogen-bond acceptors (Lipinski definition) is 2.